The number of aliphatic imine (C=N–C) groups is 1. The molecular weight excluding hydrogens is 323 g/mol. The summed E-state index contributed by atoms with van der Waals surface area (Å²) in [6.45, 7) is 4.37. The Morgan fingerprint density at radius 1 is 1.24 bits per heavy atom. The summed E-state index contributed by atoms with van der Waals surface area (Å²) >= 11 is 0. The van der Waals surface area contributed by atoms with Crippen LogP contribution >= 0.6 is 0 Å². The first-order valence-corrected chi connectivity index (χ1v) is 8.12. The normalized spacial score (nSPS) is 11.2. The van der Waals surface area contributed by atoms with Gasteiger partial charge in [0.25, 0.3) is 0 Å². The number of rotatable bonds is 8. The molecule has 1 heterocycles. The number of hydrogen-bond acceptors (Lipinski definition) is 4. The minimum absolute atomic E-state index is 0.355. The molecular formula is C18H23FN4O2. The first-order valence-electron chi connectivity index (χ1n) is 8.12. The van der Waals surface area contributed by atoms with Crippen LogP contribution in [0.4, 0.5) is 4.39 Å². The lowest BCUT2D eigenvalue weighted by Crippen LogP contribution is -2.38. The number of benzene rings is 1. The molecule has 2 aromatic rings. The number of hydrogen-bond donors (Lipinski definition) is 2. The molecule has 1 aromatic heterocycles. The lowest BCUT2D eigenvalue weighted by atomic mass is 10.2. The standard InChI is InChI=1S/C18H23FN4O2/c1-3-24-11-10-22-18(20-2)23-13-14-6-5-9-21-17(14)25-16-8-4-7-15(19)12-16/h4-9,12H,3,10-11,13H2,1-2H3,(H2,20,22,23). The molecule has 0 fully saturated rings. The maximum Gasteiger partial charge on any atom is 0.224 e. The first-order chi connectivity index (χ1) is 12.2. The van der Waals surface area contributed by atoms with Crippen molar-refractivity contribution in [1.82, 2.24) is 15.6 Å². The summed E-state index contributed by atoms with van der Waals surface area (Å²) in [6, 6.07) is 9.67. The fraction of sp³-hybridized carbons (Fsp3) is 0.333. The molecule has 0 aliphatic carbocycles. The van der Waals surface area contributed by atoms with E-state index in [1.54, 1.807) is 25.4 Å². The van der Waals surface area contributed by atoms with Crippen molar-refractivity contribution >= 4 is 5.96 Å². The highest BCUT2D eigenvalue weighted by Gasteiger charge is 2.08. The van der Waals surface area contributed by atoms with Gasteiger partial charge in [-0.15, -0.1) is 0 Å². The van der Waals surface area contributed by atoms with Crippen molar-refractivity contribution in [3.8, 4) is 11.6 Å². The summed E-state index contributed by atoms with van der Waals surface area (Å²) in [4.78, 5) is 8.38. The van der Waals surface area contributed by atoms with E-state index in [9.17, 15) is 4.39 Å². The van der Waals surface area contributed by atoms with Crippen LogP contribution in [0.3, 0.4) is 0 Å². The second-order valence-corrected chi connectivity index (χ2v) is 5.08. The van der Waals surface area contributed by atoms with Gasteiger partial charge in [-0.05, 0) is 25.1 Å². The zero-order valence-corrected chi connectivity index (χ0v) is 14.5. The summed E-state index contributed by atoms with van der Waals surface area (Å²) in [5.74, 6) is 1.12. The smallest absolute Gasteiger partial charge is 0.224 e. The molecule has 0 atom stereocenters. The fourth-order valence-corrected chi connectivity index (χ4v) is 2.08. The van der Waals surface area contributed by atoms with Crippen LogP contribution < -0.4 is 15.4 Å². The molecule has 0 bridgehead atoms. The molecule has 6 nitrogen and oxygen atoms in total. The average molecular weight is 346 g/mol. The van der Waals surface area contributed by atoms with Crippen LogP contribution in [0.2, 0.25) is 0 Å². The van der Waals surface area contributed by atoms with E-state index in [4.69, 9.17) is 9.47 Å². The molecule has 0 amide bonds. The number of nitrogens with zero attached hydrogens (tertiary/aromatic N) is 2. The Morgan fingerprint density at radius 2 is 2.12 bits per heavy atom. The summed E-state index contributed by atoms with van der Waals surface area (Å²) in [7, 11) is 1.70. The Balaban J connectivity index is 1.95. The van der Waals surface area contributed by atoms with E-state index < -0.39 is 0 Å². The quantitative estimate of drug-likeness (QED) is 0.437. The highest BCUT2D eigenvalue weighted by atomic mass is 19.1. The van der Waals surface area contributed by atoms with Gasteiger partial charge in [-0.1, -0.05) is 12.1 Å². The van der Waals surface area contributed by atoms with Crippen LogP contribution in [0, 0.1) is 5.82 Å². The topological polar surface area (TPSA) is 67.8 Å². The highest BCUT2D eigenvalue weighted by molar-refractivity contribution is 5.79. The number of guanidine groups is 1. The molecule has 0 aliphatic heterocycles. The first kappa shape index (κ1) is 18.7. The Labute approximate surface area is 147 Å². The second kappa shape index (κ2) is 10.2. The van der Waals surface area contributed by atoms with Gasteiger partial charge >= 0.3 is 0 Å². The summed E-state index contributed by atoms with van der Waals surface area (Å²) < 4.78 is 24.3. The lowest BCUT2D eigenvalue weighted by molar-refractivity contribution is 0.152. The minimum atomic E-state index is -0.355. The van der Waals surface area contributed by atoms with Crippen LogP contribution in [0.25, 0.3) is 0 Å². The van der Waals surface area contributed by atoms with E-state index >= 15 is 0 Å². The number of halogens is 1. The molecule has 0 aliphatic rings. The predicted octanol–water partition coefficient (Wildman–Crippen LogP) is 2.71. The van der Waals surface area contributed by atoms with Gasteiger partial charge in [0.2, 0.25) is 5.88 Å². The van der Waals surface area contributed by atoms with Crippen LogP contribution in [-0.4, -0.2) is 37.7 Å². The lowest BCUT2D eigenvalue weighted by Gasteiger charge is -2.14. The molecule has 7 heteroatoms. The zero-order chi connectivity index (χ0) is 17.9. The van der Waals surface area contributed by atoms with Crippen molar-refractivity contribution in [3.05, 3.63) is 54.0 Å². The fourth-order valence-electron chi connectivity index (χ4n) is 2.08. The molecule has 0 unspecified atom stereocenters. The van der Waals surface area contributed by atoms with E-state index in [1.807, 2.05) is 19.1 Å². The maximum atomic E-state index is 13.3. The van der Waals surface area contributed by atoms with E-state index in [1.165, 1.54) is 12.1 Å². The third-order valence-electron chi connectivity index (χ3n) is 3.27. The molecule has 2 N–H and O–H groups in total. The summed E-state index contributed by atoms with van der Waals surface area (Å²) in [5.41, 5.74) is 0.833. The molecule has 0 saturated heterocycles. The second-order valence-electron chi connectivity index (χ2n) is 5.08. The number of ether oxygens (including phenoxy) is 2. The van der Waals surface area contributed by atoms with Crippen molar-refractivity contribution in [1.29, 1.82) is 0 Å². The third kappa shape index (κ3) is 6.39. The van der Waals surface area contributed by atoms with Gasteiger partial charge in [-0.25, -0.2) is 9.37 Å². The van der Waals surface area contributed by atoms with Gasteiger partial charge in [0.15, 0.2) is 5.96 Å². The van der Waals surface area contributed by atoms with Crippen molar-refractivity contribution < 1.29 is 13.9 Å². The summed E-state index contributed by atoms with van der Waals surface area (Å²) in [6.07, 6.45) is 1.63. The maximum absolute atomic E-state index is 13.3. The van der Waals surface area contributed by atoms with Crippen molar-refractivity contribution in [3.63, 3.8) is 0 Å². The Hall–Kier alpha value is -2.67. The van der Waals surface area contributed by atoms with Gasteiger partial charge in [0.1, 0.15) is 11.6 Å². The molecule has 0 radical (unpaired) electrons. The van der Waals surface area contributed by atoms with E-state index in [2.05, 4.69) is 20.6 Å². The third-order valence-corrected chi connectivity index (χ3v) is 3.27. The number of nitrogens with one attached hydrogen (secondary N) is 2. The minimum Gasteiger partial charge on any atom is -0.439 e. The molecule has 0 spiro atoms. The van der Waals surface area contributed by atoms with Gasteiger partial charge in [0.05, 0.1) is 6.61 Å². The van der Waals surface area contributed by atoms with Gasteiger partial charge in [-0.3, -0.25) is 4.99 Å². The van der Waals surface area contributed by atoms with Crippen LogP contribution in [0.5, 0.6) is 11.6 Å². The van der Waals surface area contributed by atoms with Crippen LogP contribution in [0.1, 0.15) is 12.5 Å². The van der Waals surface area contributed by atoms with Gasteiger partial charge < -0.3 is 20.1 Å². The molecule has 134 valence electrons. The van der Waals surface area contributed by atoms with E-state index in [-0.39, 0.29) is 5.82 Å². The van der Waals surface area contributed by atoms with E-state index in [0.717, 1.165) is 5.56 Å². The summed E-state index contributed by atoms with van der Waals surface area (Å²) in [5, 5.41) is 6.34. The zero-order valence-electron chi connectivity index (χ0n) is 14.5. The van der Waals surface area contributed by atoms with Crippen molar-refractivity contribution in [2.75, 3.05) is 26.8 Å². The van der Waals surface area contributed by atoms with Crippen LogP contribution in [0.15, 0.2) is 47.6 Å². The SMILES string of the molecule is CCOCCNC(=NC)NCc1cccnc1Oc1cccc(F)c1. The highest BCUT2D eigenvalue weighted by Crippen LogP contribution is 2.23. The molecule has 2 rings (SSSR count). The largest absolute Gasteiger partial charge is 0.439 e. The van der Waals surface area contributed by atoms with Crippen molar-refractivity contribution in [2.24, 2.45) is 4.99 Å². The van der Waals surface area contributed by atoms with Crippen LogP contribution in [-0.2, 0) is 11.3 Å². The van der Waals surface area contributed by atoms with Crippen molar-refractivity contribution in [2.45, 2.75) is 13.5 Å². The predicted molar refractivity (Wildman–Crippen MR) is 95.4 cm³/mol. The molecule has 1 aromatic carbocycles. The van der Waals surface area contributed by atoms with E-state index in [0.29, 0.717) is 43.9 Å². The molecule has 0 saturated carbocycles. The Morgan fingerprint density at radius 3 is 2.88 bits per heavy atom. The van der Waals surface area contributed by atoms with Gasteiger partial charge in [-0.2, -0.15) is 0 Å². The number of pyridine rings is 1. The monoisotopic (exact) mass is 346 g/mol. The van der Waals surface area contributed by atoms with Gasteiger partial charge in [0, 0.05) is 44.6 Å². The Kier molecular flexibility index (Phi) is 7.65. The average Bonchev–Trinajstić information content (AvgIpc) is 2.62. The number of aromatic nitrogens is 1. The Bertz CT molecular complexity index is 694. The molecule has 25 heavy (non-hydrogen) atoms.